The minimum Gasteiger partial charge on any atom is -0.484 e. The minimum absolute atomic E-state index is 0.0109. The highest BCUT2D eigenvalue weighted by Crippen LogP contribution is 2.26. The maximum absolute atomic E-state index is 13.7. The van der Waals surface area contributed by atoms with Crippen molar-refractivity contribution in [2.24, 2.45) is 0 Å². The molecular weight excluding hydrogens is 552 g/mol. The molecule has 5 nitrogen and oxygen atoms in total. The van der Waals surface area contributed by atoms with Crippen molar-refractivity contribution >= 4 is 39.3 Å². The Labute approximate surface area is 233 Å². The molecule has 0 aliphatic rings. The van der Waals surface area contributed by atoms with E-state index in [1.165, 1.54) is 0 Å². The zero-order valence-corrected chi connectivity index (χ0v) is 24.1. The van der Waals surface area contributed by atoms with E-state index in [1.807, 2.05) is 82.3 Å². The molecule has 7 heteroatoms. The number of carbonyl (C=O) groups excluding carboxylic acids is 2. The fourth-order valence-corrected chi connectivity index (χ4v) is 4.35. The van der Waals surface area contributed by atoms with Gasteiger partial charge in [0.1, 0.15) is 11.8 Å². The molecule has 0 heterocycles. The Balaban J connectivity index is 1.92. The molecule has 3 rings (SSSR count). The van der Waals surface area contributed by atoms with Crippen molar-refractivity contribution in [3.05, 3.63) is 98.5 Å². The van der Waals surface area contributed by atoms with Gasteiger partial charge in [-0.1, -0.05) is 76.9 Å². The molecule has 0 saturated carbocycles. The highest BCUT2D eigenvalue weighted by atomic mass is 79.9. The Kier molecular flexibility index (Phi) is 10.6. The van der Waals surface area contributed by atoms with Crippen LogP contribution in [0.2, 0.25) is 5.02 Å². The summed E-state index contributed by atoms with van der Waals surface area (Å²) in [5, 5.41) is 3.69. The van der Waals surface area contributed by atoms with Crippen LogP contribution in [0.4, 0.5) is 0 Å². The largest absolute Gasteiger partial charge is 0.484 e. The van der Waals surface area contributed by atoms with Crippen molar-refractivity contribution in [1.82, 2.24) is 10.2 Å². The smallest absolute Gasteiger partial charge is 0.261 e. The summed E-state index contributed by atoms with van der Waals surface area (Å²) in [6.45, 7) is 8.01. The van der Waals surface area contributed by atoms with Gasteiger partial charge in [-0.25, -0.2) is 0 Å². The molecule has 0 radical (unpaired) electrons. The van der Waals surface area contributed by atoms with Crippen LogP contribution in [0.1, 0.15) is 42.5 Å². The zero-order valence-electron chi connectivity index (χ0n) is 21.8. The Morgan fingerprint density at radius 3 is 2.22 bits per heavy atom. The monoisotopic (exact) mass is 584 g/mol. The van der Waals surface area contributed by atoms with Gasteiger partial charge in [-0.3, -0.25) is 9.59 Å². The van der Waals surface area contributed by atoms with E-state index in [9.17, 15) is 9.59 Å². The number of hydrogen-bond donors (Lipinski definition) is 1. The van der Waals surface area contributed by atoms with Crippen LogP contribution in [-0.2, 0) is 22.6 Å². The van der Waals surface area contributed by atoms with Crippen molar-refractivity contribution in [3.8, 4) is 5.75 Å². The Morgan fingerprint density at radius 1 is 1.00 bits per heavy atom. The average Bonchev–Trinajstić information content (AvgIpc) is 2.89. The number of amides is 2. The number of nitrogens with one attached hydrogen (secondary N) is 1. The van der Waals surface area contributed by atoms with E-state index < -0.39 is 6.04 Å². The number of carbonyl (C=O) groups is 2. The quantitative estimate of drug-likeness (QED) is 0.274. The van der Waals surface area contributed by atoms with Gasteiger partial charge >= 0.3 is 0 Å². The molecule has 0 aromatic heterocycles. The second-order valence-corrected chi connectivity index (χ2v) is 10.6. The first-order valence-corrected chi connectivity index (χ1v) is 13.6. The van der Waals surface area contributed by atoms with Crippen LogP contribution in [0.5, 0.6) is 5.75 Å². The number of nitrogens with zero attached hydrogens (tertiary/aromatic N) is 1. The van der Waals surface area contributed by atoms with Crippen molar-refractivity contribution in [1.29, 1.82) is 0 Å². The molecule has 2 atom stereocenters. The van der Waals surface area contributed by atoms with Gasteiger partial charge in [-0.15, -0.1) is 0 Å². The van der Waals surface area contributed by atoms with Crippen LogP contribution in [0.25, 0.3) is 0 Å². The molecule has 0 bridgehead atoms. The topological polar surface area (TPSA) is 58.6 Å². The lowest BCUT2D eigenvalue weighted by atomic mass is 10.0. The Hall–Kier alpha value is -2.83. The molecule has 1 N–H and O–H groups in total. The number of hydrogen-bond acceptors (Lipinski definition) is 3. The van der Waals surface area contributed by atoms with E-state index in [4.69, 9.17) is 16.3 Å². The normalized spacial score (nSPS) is 12.5. The first-order valence-electron chi connectivity index (χ1n) is 12.5. The third-order valence-corrected chi connectivity index (χ3v) is 7.81. The predicted molar refractivity (Wildman–Crippen MR) is 153 cm³/mol. The maximum atomic E-state index is 13.7. The van der Waals surface area contributed by atoms with E-state index in [0.717, 1.165) is 33.1 Å². The van der Waals surface area contributed by atoms with Crippen LogP contribution in [0, 0.1) is 13.8 Å². The first kappa shape index (κ1) is 28.7. The zero-order chi connectivity index (χ0) is 26.9. The number of ether oxygens (including phenoxy) is 1. The Morgan fingerprint density at radius 2 is 1.62 bits per heavy atom. The standard InChI is InChI=1S/C30H34BrClN2O3/c1-5-22(4)33-30(36)27(17-23-9-7-6-8-10-23)34(18-24-11-13-25(32)14-12-24)28(35)19-37-26-15-20(2)29(31)21(3)16-26/h6-16,22,27H,5,17-19H2,1-4H3,(H,33,36). The second-order valence-electron chi connectivity index (χ2n) is 9.33. The SMILES string of the molecule is CCC(C)NC(=O)C(Cc1ccccc1)N(Cc1ccc(Cl)cc1)C(=O)COc1cc(C)c(Br)c(C)c1. The van der Waals surface area contributed by atoms with E-state index in [1.54, 1.807) is 17.0 Å². The molecule has 2 amide bonds. The molecule has 3 aromatic rings. The van der Waals surface area contributed by atoms with Crippen molar-refractivity contribution in [2.75, 3.05) is 6.61 Å². The van der Waals surface area contributed by atoms with Gasteiger partial charge in [-0.05, 0) is 73.7 Å². The summed E-state index contributed by atoms with van der Waals surface area (Å²) in [6, 6.07) is 20.1. The fraction of sp³-hybridized carbons (Fsp3) is 0.333. The molecule has 0 aliphatic carbocycles. The van der Waals surface area contributed by atoms with E-state index in [0.29, 0.717) is 17.2 Å². The van der Waals surface area contributed by atoms with Crippen LogP contribution in [-0.4, -0.2) is 35.4 Å². The molecule has 0 aliphatic heterocycles. The predicted octanol–water partition coefficient (Wildman–Crippen LogP) is 6.65. The summed E-state index contributed by atoms with van der Waals surface area (Å²) in [6.07, 6.45) is 1.18. The molecule has 37 heavy (non-hydrogen) atoms. The van der Waals surface area contributed by atoms with Crippen molar-refractivity contribution < 1.29 is 14.3 Å². The molecule has 3 aromatic carbocycles. The summed E-state index contributed by atoms with van der Waals surface area (Å²) >= 11 is 9.66. The summed E-state index contributed by atoms with van der Waals surface area (Å²) in [5.41, 5.74) is 3.90. The lowest BCUT2D eigenvalue weighted by Crippen LogP contribution is -2.53. The summed E-state index contributed by atoms with van der Waals surface area (Å²) < 4.78 is 6.95. The average molecular weight is 586 g/mol. The van der Waals surface area contributed by atoms with Gasteiger partial charge in [-0.2, -0.15) is 0 Å². The molecule has 196 valence electrons. The maximum Gasteiger partial charge on any atom is 0.261 e. The van der Waals surface area contributed by atoms with E-state index in [2.05, 4.69) is 21.2 Å². The highest BCUT2D eigenvalue weighted by Gasteiger charge is 2.31. The van der Waals surface area contributed by atoms with Crippen LogP contribution in [0.3, 0.4) is 0 Å². The molecule has 0 saturated heterocycles. The highest BCUT2D eigenvalue weighted by molar-refractivity contribution is 9.10. The van der Waals surface area contributed by atoms with Crippen molar-refractivity contribution in [3.63, 3.8) is 0 Å². The van der Waals surface area contributed by atoms with Gasteiger partial charge in [0.25, 0.3) is 5.91 Å². The van der Waals surface area contributed by atoms with E-state index >= 15 is 0 Å². The first-order chi connectivity index (χ1) is 17.7. The fourth-order valence-electron chi connectivity index (χ4n) is 4.00. The van der Waals surface area contributed by atoms with Crippen LogP contribution >= 0.6 is 27.5 Å². The van der Waals surface area contributed by atoms with E-state index in [-0.39, 0.29) is 31.0 Å². The summed E-state index contributed by atoms with van der Waals surface area (Å²) in [5.74, 6) is 0.158. The number of halogens is 2. The van der Waals surface area contributed by atoms with Gasteiger partial charge in [0.2, 0.25) is 5.91 Å². The lowest BCUT2D eigenvalue weighted by molar-refractivity contribution is -0.143. The number of benzene rings is 3. The second kappa shape index (κ2) is 13.6. The van der Waals surface area contributed by atoms with Crippen LogP contribution < -0.4 is 10.1 Å². The molecular formula is C30H34BrClN2O3. The third kappa shape index (κ3) is 8.34. The van der Waals surface area contributed by atoms with Gasteiger partial charge < -0.3 is 15.0 Å². The molecule has 0 fully saturated rings. The number of rotatable bonds is 11. The number of aryl methyl sites for hydroxylation is 2. The lowest BCUT2D eigenvalue weighted by Gasteiger charge is -2.32. The molecule has 2 unspecified atom stereocenters. The van der Waals surface area contributed by atoms with Gasteiger partial charge in [0.15, 0.2) is 6.61 Å². The Bertz CT molecular complexity index is 1180. The van der Waals surface area contributed by atoms with Crippen LogP contribution in [0.15, 0.2) is 71.2 Å². The molecule has 0 spiro atoms. The van der Waals surface area contributed by atoms with Gasteiger partial charge in [0.05, 0.1) is 0 Å². The van der Waals surface area contributed by atoms with Crippen molar-refractivity contribution in [2.45, 2.75) is 59.2 Å². The summed E-state index contributed by atoms with van der Waals surface area (Å²) in [7, 11) is 0. The minimum atomic E-state index is -0.712. The van der Waals surface area contributed by atoms with Gasteiger partial charge in [0, 0.05) is 28.5 Å². The summed E-state index contributed by atoms with van der Waals surface area (Å²) in [4.78, 5) is 28.9. The third-order valence-electron chi connectivity index (χ3n) is 6.31.